The molecule has 0 rings (SSSR count). The van der Waals surface area contributed by atoms with E-state index in [2.05, 4.69) is 0 Å². The quantitative estimate of drug-likeness (QED) is 0.265. The van der Waals surface area contributed by atoms with E-state index in [1.807, 2.05) is 0 Å². The van der Waals surface area contributed by atoms with Gasteiger partial charge in [0.1, 0.15) is 0 Å². The molecule has 0 atom stereocenters. The third-order valence-electron chi connectivity index (χ3n) is 0.250. The van der Waals surface area contributed by atoms with E-state index in [-0.39, 0.29) is 37.7 Å². The molecular formula is CaO6S2. The Bertz CT molecular complexity index is 223. The third-order valence-corrected chi connectivity index (χ3v) is 2.25. The normalized spacial score (nSPS) is 12.2. The molecule has 0 aromatic carbocycles. The second kappa shape index (κ2) is 3.46. The average Bonchev–Trinajstić information content (AvgIpc) is 1.25. The monoisotopic (exact) mass is 200 g/mol. The molecule has 0 radical (unpaired) electrons. The molecule has 0 saturated heterocycles. The van der Waals surface area contributed by atoms with Crippen molar-refractivity contribution in [3.8, 4) is 0 Å². The molecule has 0 bridgehead atoms. The number of rotatable bonds is 1. The van der Waals surface area contributed by atoms with Crippen LogP contribution in [0.15, 0.2) is 0 Å². The second-order valence-electron chi connectivity index (χ2n) is 0.816. The fourth-order valence-electron chi connectivity index (χ4n) is 0. The molecule has 0 saturated carbocycles. The molecule has 9 heavy (non-hydrogen) atoms. The van der Waals surface area contributed by atoms with E-state index < -0.39 is 18.3 Å². The summed E-state index contributed by atoms with van der Waals surface area (Å²) in [5, 5.41) is 0. The van der Waals surface area contributed by atoms with Gasteiger partial charge in [-0.2, -0.15) is 0 Å². The van der Waals surface area contributed by atoms with Gasteiger partial charge < -0.3 is 9.11 Å². The van der Waals surface area contributed by atoms with Gasteiger partial charge in [0.2, 0.25) is 0 Å². The zero-order valence-corrected chi connectivity index (χ0v) is 7.81. The number of hydrogen-bond acceptors (Lipinski definition) is 6. The molecule has 0 amide bonds. The van der Waals surface area contributed by atoms with Crippen LogP contribution in [0, 0.1) is 0 Å². The first kappa shape index (κ1) is 12.7. The third kappa shape index (κ3) is 4.48. The van der Waals surface area contributed by atoms with E-state index in [0.29, 0.717) is 0 Å². The molecule has 0 N–H and O–H groups in total. The van der Waals surface area contributed by atoms with E-state index >= 15 is 0 Å². The summed E-state index contributed by atoms with van der Waals surface area (Å²) < 4.78 is 55.2. The van der Waals surface area contributed by atoms with Gasteiger partial charge in [0, 0.05) is 0 Å². The van der Waals surface area contributed by atoms with Crippen LogP contribution >= 0.6 is 0 Å². The summed E-state index contributed by atoms with van der Waals surface area (Å²) in [6.07, 6.45) is 0. The van der Waals surface area contributed by atoms with Crippen LogP contribution < -0.4 is 0 Å². The van der Waals surface area contributed by atoms with E-state index in [1.54, 1.807) is 0 Å². The summed E-state index contributed by atoms with van der Waals surface area (Å²) >= 11 is 0. The molecule has 0 fully saturated rings. The smallest absolute Gasteiger partial charge is 0.736 e. The van der Waals surface area contributed by atoms with Crippen LogP contribution in [0.1, 0.15) is 0 Å². The van der Waals surface area contributed by atoms with Crippen LogP contribution in [0.2, 0.25) is 0 Å². The topological polar surface area (TPSA) is 114 Å². The van der Waals surface area contributed by atoms with Crippen LogP contribution in [-0.2, 0) is 18.3 Å². The minimum Gasteiger partial charge on any atom is -0.736 e. The maximum atomic E-state index is 9.20. The van der Waals surface area contributed by atoms with Crippen molar-refractivity contribution in [3.63, 3.8) is 0 Å². The molecule has 0 aromatic rings. The van der Waals surface area contributed by atoms with Gasteiger partial charge in [0.05, 0.1) is 0 Å². The molecular weight excluding hydrogens is 200 g/mol. The Labute approximate surface area is 81.1 Å². The Balaban J connectivity index is 0. The van der Waals surface area contributed by atoms with Crippen molar-refractivity contribution >= 4 is 56.0 Å². The molecule has 50 valence electrons. The van der Waals surface area contributed by atoms with Gasteiger partial charge in [-0.15, -0.1) is 0 Å². The Morgan fingerprint density at radius 2 is 0.889 bits per heavy atom. The zero-order chi connectivity index (χ0) is 7.00. The van der Waals surface area contributed by atoms with E-state index in [4.69, 9.17) is 0 Å². The first-order valence-electron chi connectivity index (χ1n) is 1.17. The Kier molecular flexibility index (Phi) is 4.90. The first-order chi connectivity index (χ1) is 3.25. The van der Waals surface area contributed by atoms with E-state index in [9.17, 15) is 25.9 Å². The Morgan fingerprint density at radius 3 is 0.889 bits per heavy atom. The van der Waals surface area contributed by atoms with Gasteiger partial charge in [0.25, 0.3) is 0 Å². The Hall–Kier alpha value is 1.08. The second-order valence-corrected chi connectivity index (χ2v) is 4.90. The van der Waals surface area contributed by atoms with Crippen molar-refractivity contribution < 1.29 is 25.9 Å². The van der Waals surface area contributed by atoms with Crippen LogP contribution in [0.4, 0.5) is 0 Å². The van der Waals surface area contributed by atoms with Crippen LogP contribution in [0.3, 0.4) is 0 Å². The summed E-state index contributed by atoms with van der Waals surface area (Å²) in [6, 6.07) is 0. The van der Waals surface area contributed by atoms with Gasteiger partial charge in [-0.3, -0.25) is 0 Å². The number of hydrogen-bond donors (Lipinski definition) is 0. The molecule has 6 nitrogen and oxygen atoms in total. The molecule has 0 heterocycles. The van der Waals surface area contributed by atoms with Crippen molar-refractivity contribution in [1.82, 2.24) is 0 Å². The summed E-state index contributed by atoms with van der Waals surface area (Å²) in [5.41, 5.74) is 0. The predicted molar refractivity (Wildman–Crippen MR) is 25.1 cm³/mol. The summed E-state index contributed by atoms with van der Waals surface area (Å²) in [4.78, 5) is 0. The maximum Gasteiger partial charge on any atom is 2.00 e. The minimum atomic E-state index is -5.67. The van der Waals surface area contributed by atoms with Crippen LogP contribution in [0.25, 0.3) is 0 Å². The summed E-state index contributed by atoms with van der Waals surface area (Å²) in [6.45, 7) is 0. The minimum absolute atomic E-state index is 0. The van der Waals surface area contributed by atoms with Gasteiger partial charge in [-0.25, -0.2) is 16.8 Å². The van der Waals surface area contributed by atoms with E-state index in [1.165, 1.54) is 0 Å². The van der Waals surface area contributed by atoms with Crippen LogP contribution in [0.5, 0.6) is 0 Å². The fraction of sp³-hybridized carbons (Fsp3) is 0. The van der Waals surface area contributed by atoms with Crippen LogP contribution in [-0.4, -0.2) is 63.7 Å². The molecule has 9 heteroatoms. The van der Waals surface area contributed by atoms with Crippen molar-refractivity contribution in [2.45, 2.75) is 0 Å². The van der Waals surface area contributed by atoms with Gasteiger partial charge in [-0.05, 0) is 0 Å². The molecule has 0 aromatic heterocycles. The molecule has 0 aliphatic carbocycles. The molecule has 0 spiro atoms. The SMILES string of the molecule is O=S(=O)([O-])S(=O)(=O)[O-].[Ca+2]. The van der Waals surface area contributed by atoms with Crippen molar-refractivity contribution in [2.24, 2.45) is 0 Å². The Morgan fingerprint density at radius 1 is 0.778 bits per heavy atom. The average molecular weight is 200 g/mol. The standard InChI is InChI=1S/Ca.H2O6S2/c;1-7(2,3)8(4,5)6/h;(H,1,2,3)(H,4,5,6)/q+2;/p-2. The fourth-order valence-corrected chi connectivity index (χ4v) is 0. The van der Waals surface area contributed by atoms with Crippen molar-refractivity contribution in [3.05, 3.63) is 0 Å². The van der Waals surface area contributed by atoms with Crippen molar-refractivity contribution in [1.29, 1.82) is 0 Å². The first-order valence-corrected chi connectivity index (χ1v) is 4.50. The molecule has 0 unspecified atom stereocenters. The van der Waals surface area contributed by atoms with Gasteiger partial charge >= 0.3 is 37.7 Å². The van der Waals surface area contributed by atoms with Gasteiger partial charge in [0.15, 0.2) is 18.3 Å². The molecule has 0 aliphatic heterocycles. The zero-order valence-electron chi connectivity index (χ0n) is 3.97. The summed E-state index contributed by atoms with van der Waals surface area (Å²) in [5.74, 6) is 0. The van der Waals surface area contributed by atoms with E-state index in [0.717, 1.165) is 0 Å². The summed E-state index contributed by atoms with van der Waals surface area (Å²) in [7, 11) is -11.3. The predicted octanol–water partition coefficient (Wildman–Crippen LogP) is -2.39. The molecule has 0 aliphatic rings. The largest absolute Gasteiger partial charge is 2.00 e. The van der Waals surface area contributed by atoms with Crippen molar-refractivity contribution in [2.75, 3.05) is 0 Å². The maximum absolute atomic E-state index is 9.20. The van der Waals surface area contributed by atoms with Gasteiger partial charge in [-0.1, -0.05) is 0 Å².